The molecule has 1 aliphatic rings. The quantitative estimate of drug-likeness (QED) is 0.783. The van der Waals surface area contributed by atoms with Gasteiger partial charge in [-0.2, -0.15) is 0 Å². The zero-order valence-electron chi connectivity index (χ0n) is 10.6. The van der Waals surface area contributed by atoms with Gasteiger partial charge < -0.3 is 15.7 Å². The fourth-order valence-electron chi connectivity index (χ4n) is 2.50. The number of fused-ring (bicyclic) bond motifs is 1. The molecule has 0 radical (unpaired) electrons. The molecule has 0 aliphatic carbocycles. The van der Waals surface area contributed by atoms with E-state index in [-0.39, 0.29) is 11.3 Å². The number of nitrogens with two attached hydrogens (primary N) is 1. The van der Waals surface area contributed by atoms with E-state index in [1.54, 1.807) is 18.2 Å². The summed E-state index contributed by atoms with van der Waals surface area (Å²) in [6.45, 7) is 0.471. The Morgan fingerprint density at radius 2 is 2.10 bits per heavy atom. The summed E-state index contributed by atoms with van der Waals surface area (Å²) in [6.07, 6.45) is 0.657. The molecule has 0 atom stereocenters. The largest absolute Gasteiger partial charge is 0.507 e. The first-order valence-corrected chi connectivity index (χ1v) is 6.25. The molecule has 1 amide bonds. The maximum absolute atomic E-state index is 13.3. The molecule has 3 N–H and O–H groups in total. The molecule has 0 aromatic heterocycles. The van der Waals surface area contributed by atoms with Crippen molar-refractivity contribution in [2.75, 3.05) is 17.2 Å². The lowest BCUT2D eigenvalue weighted by molar-refractivity contribution is 0.0986. The number of anilines is 2. The summed E-state index contributed by atoms with van der Waals surface area (Å²) in [5.74, 6) is -1.21. The molecule has 0 saturated carbocycles. The average molecular weight is 272 g/mol. The molecular weight excluding hydrogens is 259 g/mol. The van der Waals surface area contributed by atoms with Crippen molar-refractivity contribution in [2.45, 2.75) is 6.42 Å². The van der Waals surface area contributed by atoms with Crippen molar-refractivity contribution >= 4 is 17.3 Å². The molecule has 0 fully saturated rings. The highest BCUT2D eigenvalue weighted by atomic mass is 19.1. The molecular formula is C15H13FN2O2. The fraction of sp³-hybridized carbons (Fsp3) is 0.133. The number of carbonyl (C=O) groups is 1. The van der Waals surface area contributed by atoms with Crippen LogP contribution in [0.3, 0.4) is 0 Å². The van der Waals surface area contributed by atoms with E-state index < -0.39 is 11.7 Å². The monoisotopic (exact) mass is 272 g/mol. The summed E-state index contributed by atoms with van der Waals surface area (Å²) in [7, 11) is 0. The van der Waals surface area contributed by atoms with Gasteiger partial charge in [0.2, 0.25) is 0 Å². The van der Waals surface area contributed by atoms with Crippen LogP contribution in [0, 0.1) is 5.82 Å². The first-order chi connectivity index (χ1) is 9.58. The molecule has 0 spiro atoms. The van der Waals surface area contributed by atoms with Gasteiger partial charge in [0.15, 0.2) is 0 Å². The minimum absolute atomic E-state index is 0.0414. The zero-order valence-corrected chi connectivity index (χ0v) is 10.6. The van der Waals surface area contributed by atoms with Crippen LogP contribution in [-0.4, -0.2) is 17.6 Å². The van der Waals surface area contributed by atoms with Gasteiger partial charge in [0, 0.05) is 23.5 Å². The van der Waals surface area contributed by atoms with Crippen LogP contribution in [0.15, 0.2) is 36.4 Å². The highest BCUT2D eigenvalue weighted by molar-refractivity contribution is 6.09. The minimum atomic E-state index is -0.557. The molecule has 1 aliphatic heterocycles. The number of hydrogen-bond donors (Lipinski definition) is 2. The highest BCUT2D eigenvalue weighted by Crippen LogP contribution is 2.34. The third kappa shape index (κ3) is 1.87. The molecule has 5 heteroatoms. The van der Waals surface area contributed by atoms with Crippen molar-refractivity contribution in [3.63, 3.8) is 0 Å². The predicted molar refractivity (Wildman–Crippen MR) is 74.3 cm³/mol. The summed E-state index contributed by atoms with van der Waals surface area (Å²) in [6, 6.07) is 8.69. The summed E-state index contributed by atoms with van der Waals surface area (Å²) < 4.78 is 13.3. The molecule has 0 unspecified atom stereocenters. The van der Waals surface area contributed by atoms with Gasteiger partial charge in [-0.3, -0.25) is 4.79 Å². The van der Waals surface area contributed by atoms with Crippen LogP contribution in [0.1, 0.15) is 15.9 Å². The number of nitrogens with zero attached hydrogens (tertiary/aromatic N) is 1. The number of amides is 1. The van der Waals surface area contributed by atoms with E-state index >= 15 is 0 Å². The van der Waals surface area contributed by atoms with Gasteiger partial charge in [-0.15, -0.1) is 0 Å². The van der Waals surface area contributed by atoms with Crippen molar-refractivity contribution in [2.24, 2.45) is 0 Å². The van der Waals surface area contributed by atoms with E-state index in [4.69, 9.17) is 5.73 Å². The maximum Gasteiger partial charge on any atom is 0.262 e. The highest BCUT2D eigenvalue weighted by Gasteiger charge is 2.28. The number of hydrogen-bond acceptors (Lipinski definition) is 3. The van der Waals surface area contributed by atoms with Crippen molar-refractivity contribution in [3.05, 3.63) is 53.3 Å². The van der Waals surface area contributed by atoms with E-state index in [0.29, 0.717) is 18.7 Å². The van der Waals surface area contributed by atoms with Crippen molar-refractivity contribution in [3.8, 4) is 5.75 Å². The van der Waals surface area contributed by atoms with Crippen molar-refractivity contribution in [1.82, 2.24) is 0 Å². The first-order valence-electron chi connectivity index (χ1n) is 6.25. The Balaban J connectivity index is 2.02. The Kier molecular flexibility index (Phi) is 2.82. The molecule has 4 nitrogen and oxygen atoms in total. The van der Waals surface area contributed by atoms with Crippen LogP contribution < -0.4 is 10.6 Å². The number of phenolic OH excluding ortho intramolecular Hbond substituents is 1. The van der Waals surface area contributed by atoms with Gasteiger partial charge in [-0.25, -0.2) is 4.39 Å². The predicted octanol–water partition coefficient (Wildman–Crippen LogP) is 2.32. The van der Waals surface area contributed by atoms with Crippen molar-refractivity contribution in [1.29, 1.82) is 0 Å². The maximum atomic E-state index is 13.3. The Hall–Kier alpha value is -2.56. The topological polar surface area (TPSA) is 66.6 Å². The average Bonchev–Trinajstić information content (AvgIpc) is 2.86. The summed E-state index contributed by atoms with van der Waals surface area (Å²) in [4.78, 5) is 14.0. The molecule has 0 bridgehead atoms. The minimum Gasteiger partial charge on any atom is -0.507 e. The smallest absolute Gasteiger partial charge is 0.262 e. The van der Waals surface area contributed by atoms with E-state index in [2.05, 4.69) is 0 Å². The lowest BCUT2D eigenvalue weighted by Crippen LogP contribution is -2.29. The van der Waals surface area contributed by atoms with Crippen LogP contribution in [-0.2, 0) is 6.42 Å². The van der Waals surface area contributed by atoms with Gasteiger partial charge in [0.25, 0.3) is 5.91 Å². The van der Waals surface area contributed by atoms with E-state index in [1.165, 1.54) is 11.0 Å². The van der Waals surface area contributed by atoms with Crippen LogP contribution in [0.25, 0.3) is 0 Å². The normalized spacial score (nSPS) is 13.3. The summed E-state index contributed by atoms with van der Waals surface area (Å²) in [5, 5.41) is 9.73. The number of benzene rings is 2. The second kappa shape index (κ2) is 4.52. The van der Waals surface area contributed by atoms with E-state index in [9.17, 15) is 14.3 Å². The number of aromatic hydroxyl groups is 1. The number of halogens is 1. The lowest BCUT2D eigenvalue weighted by atomic mass is 10.1. The Morgan fingerprint density at radius 1 is 1.30 bits per heavy atom. The first kappa shape index (κ1) is 12.5. The Morgan fingerprint density at radius 3 is 2.90 bits per heavy atom. The summed E-state index contributed by atoms with van der Waals surface area (Å²) >= 11 is 0. The Bertz CT molecular complexity index is 700. The second-order valence-electron chi connectivity index (χ2n) is 4.71. The van der Waals surface area contributed by atoms with Crippen LogP contribution in [0.5, 0.6) is 5.75 Å². The molecule has 3 rings (SSSR count). The van der Waals surface area contributed by atoms with E-state index in [1.807, 2.05) is 0 Å². The molecule has 1 heterocycles. The number of rotatable bonds is 1. The zero-order chi connectivity index (χ0) is 14.3. The molecule has 20 heavy (non-hydrogen) atoms. The third-order valence-electron chi connectivity index (χ3n) is 3.50. The molecule has 0 saturated heterocycles. The van der Waals surface area contributed by atoms with Gasteiger partial charge in [-0.1, -0.05) is 6.07 Å². The second-order valence-corrected chi connectivity index (χ2v) is 4.71. The lowest BCUT2D eigenvalue weighted by Gasteiger charge is -2.18. The number of nitrogen functional groups attached to an aromatic ring is 1. The number of phenols is 1. The van der Waals surface area contributed by atoms with Gasteiger partial charge in [-0.05, 0) is 36.8 Å². The van der Waals surface area contributed by atoms with E-state index in [0.717, 1.165) is 23.4 Å². The van der Waals surface area contributed by atoms with Gasteiger partial charge >= 0.3 is 0 Å². The molecule has 2 aromatic carbocycles. The Labute approximate surface area is 115 Å². The summed E-state index contributed by atoms with van der Waals surface area (Å²) in [5.41, 5.74) is 8.11. The van der Waals surface area contributed by atoms with Crippen molar-refractivity contribution < 1.29 is 14.3 Å². The van der Waals surface area contributed by atoms with Crippen LogP contribution in [0.2, 0.25) is 0 Å². The third-order valence-corrected chi connectivity index (χ3v) is 3.50. The van der Waals surface area contributed by atoms with Crippen LogP contribution in [0.4, 0.5) is 15.8 Å². The van der Waals surface area contributed by atoms with Crippen LogP contribution >= 0.6 is 0 Å². The standard InChI is InChI=1S/C15H13FN2O2/c16-9-4-5-14(19)11(8-9)15(20)18-7-6-10-12(17)2-1-3-13(10)18/h1-5,8,19H,6-7,17H2. The fourth-order valence-corrected chi connectivity index (χ4v) is 2.50. The van der Waals surface area contributed by atoms with Gasteiger partial charge in [0.05, 0.1) is 5.56 Å². The van der Waals surface area contributed by atoms with Gasteiger partial charge in [0.1, 0.15) is 11.6 Å². The molecule has 2 aromatic rings. The number of carbonyl (C=O) groups excluding carboxylic acids is 1. The molecule has 102 valence electrons. The SMILES string of the molecule is Nc1cccc2c1CCN2C(=O)c1cc(F)ccc1O.